The molecule has 0 aromatic carbocycles. The van der Waals surface area contributed by atoms with Crippen molar-refractivity contribution in [3.8, 4) is 0 Å². The quantitative estimate of drug-likeness (QED) is 0.698. The lowest BCUT2D eigenvalue weighted by Crippen LogP contribution is -1.94. The zero-order valence-corrected chi connectivity index (χ0v) is 9.32. The van der Waals surface area contributed by atoms with Gasteiger partial charge in [0.05, 0.1) is 9.75 Å². The van der Waals surface area contributed by atoms with Gasteiger partial charge >= 0.3 is 0 Å². The second-order valence-electron chi connectivity index (χ2n) is 3.25. The molecule has 1 rings (SSSR count). The molecule has 76 valence electrons. The Labute approximate surface area is 87.9 Å². The molecule has 1 heterocycles. The fourth-order valence-corrected chi connectivity index (χ4v) is 2.01. The highest BCUT2D eigenvalue weighted by Gasteiger charge is 2.10. The van der Waals surface area contributed by atoms with Gasteiger partial charge in [-0.05, 0) is 25.5 Å². The Morgan fingerprint density at radius 2 is 1.93 bits per heavy atom. The molecular weight excluding hydrogens is 196 g/mol. The Morgan fingerprint density at radius 1 is 1.29 bits per heavy atom. The zero-order valence-electron chi connectivity index (χ0n) is 8.50. The number of thiophene rings is 1. The number of hydrogen-bond donors (Lipinski definition) is 0. The van der Waals surface area contributed by atoms with Gasteiger partial charge in [0.2, 0.25) is 0 Å². The molecule has 0 aliphatic rings. The van der Waals surface area contributed by atoms with Crippen LogP contribution in [-0.2, 0) is 0 Å². The van der Waals surface area contributed by atoms with Gasteiger partial charge in [-0.25, -0.2) is 0 Å². The predicted molar refractivity (Wildman–Crippen MR) is 58.2 cm³/mol. The lowest BCUT2D eigenvalue weighted by molar-refractivity contribution is 0.0982. The van der Waals surface area contributed by atoms with Crippen LogP contribution >= 0.6 is 11.3 Å². The van der Waals surface area contributed by atoms with Crippen LogP contribution in [0.4, 0.5) is 0 Å². The van der Waals surface area contributed by atoms with E-state index in [9.17, 15) is 9.59 Å². The van der Waals surface area contributed by atoms with Gasteiger partial charge in [0.1, 0.15) is 0 Å². The maximum atomic E-state index is 11.5. The number of unbranched alkanes of at least 4 members (excludes halogenated alkanes) is 1. The van der Waals surface area contributed by atoms with Gasteiger partial charge in [0.25, 0.3) is 0 Å². The zero-order chi connectivity index (χ0) is 10.6. The number of rotatable bonds is 5. The topological polar surface area (TPSA) is 34.1 Å². The van der Waals surface area contributed by atoms with Crippen LogP contribution in [0.25, 0.3) is 0 Å². The van der Waals surface area contributed by atoms with E-state index in [2.05, 4.69) is 6.92 Å². The van der Waals surface area contributed by atoms with E-state index in [0.29, 0.717) is 16.2 Å². The van der Waals surface area contributed by atoms with E-state index in [-0.39, 0.29) is 11.6 Å². The third-order valence-corrected chi connectivity index (χ3v) is 3.21. The van der Waals surface area contributed by atoms with Gasteiger partial charge in [-0.15, -0.1) is 11.3 Å². The van der Waals surface area contributed by atoms with Crippen LogP contribution in [0.5, 0.6) is 0 Å². The number of Topliss-reactive ketones (excluding diaryl/α,β-unsaturated/α-hetero) is 2. The van der Waals surface area contributed by atoms with Crippen molar-refractivity contribution in [2.75, 3.05) is 0 Å². The summed E-state index contributed by atoms with van der Waals surface area (Å²) in [6, 6.07) is 3.48. The van der Waals surface area contributed by atoms with Crippen molar-refractivity contribution in [2.24, 2.45) is 0 Å². The molecule has 1 aromatic heterocycles. The number of carbonyl (C=O) groups is 2. The first-order valence-electron chi connectivity index (χ1n) is 4.79. The summed E-state index contributed by atoms with van der Waals surface area (Å²) in [6.45, 7) is 3.58. The average molecular weight is 210 g/mol. The molecule has 0 amide bonds. The molecule has 0 aliphatic carbocycles. The molecule has 3 heteroatoms. The van der Waals surface area contributed by atoms with Crippen molar-refractivity contribution in [3.05, 3.63) is 21.9 Å². The van der Waals surface area contributed by atoms with Gasteiger partial charge in [0, 0.05) is 6.42 Å². The second-order valence-corrected chi connectivity index (χ2v) is 4.33. The number of ketones is 2. The molecule has 0 radical (unpaired) electrons. The number of carbonyl (C=O) groups excluding carboxylic acids is 2. The van der Waals surface area contributed by atoms with Crippen molar-refractivity contribution in [3.63, 3.8) is 0 Å². The van der Waals surface area contributed by atoms with Crippen LogP contribution in [-0.4, -0.2) is 11.6 Å². The first-order chi connectivity index (χ1) is 6.65. The minimum Gasteiger partial charge on any atom is -0.294 e. The first kappa shape index (κ1) is 11.1. The van der Waals surface area contributed by atoms with Crippen LogP contribution < -0.4 is 0 Å². The summed E-state index contributed by atoms with van der Waals surface area (Å²) in [5, 5.41) is 0. The first-order valence-corrected chi connectivity index (χ1v) is 5.60. The van der Waals surface area contributed by atoms with Gasteiger partial charge < -0.3 is 0 Å². The largest absolute Gasteiger partial charge is 0.294 e. The van der Waals surface area contributed by atoms with E-state index in [1.165, 1.54) is 18.3 Å². The maximum Gasteiger partial charge on any atom is 0.172 e. The Bertz CT molecular complexity index is 339. The van der Waals surface area contributed by atoms with E-state index in [4.69, 9.17) is 0 Å². The van der Waals surface area contributed by atoms with Gasteiger partial charge in [0.15, 0.2) is 11.6 Å². The SMILES string of the molecule is CCCCC(=O)c1ccc(C(C)=O)s1. The van der Waals surface area contributed by atoms with E-state index >= 15 is 0 Å². The van der Waals surface area contributed by atoms with Gasteiger partial charge in [-0.1, -0.05) is 13.3 Å². The van der Waals surface area contributed by atoms with E-state index in [0.717, 1.165) is 12.8 Å². The molecule has 0 saturated heterocycles. The Hall–Kier alpha value is -0.960. The molecule has 0 unspecified atom stereocenters. The highest BCUT2D eigenvalue weighted by molar-refractivity contribution is 7.16. The van der Waals surface area contributed by atoms with Gasteiger partial charge in [-0.2, -0.15) is 0 Å². The van der Waals surface area contributed by atoms with E-state index < -0.39 is 0 Å². The molecule has 0 atom stereocenters. The van der Waals surface area contributed by atoms with Crippen molar-refractivity contribution >= 4 is 22.9 Å². The normalized spacial score (nSPS) is 10.1. The van der Waals surface area contributed by atoms with Crippen LogP contribution in [0.3, 0.4) is 0 Å². The Balaban J connectivity index is 2.66. The average Bonchev–Trinajstić information content (AvgIpc) is 2.62. The summed E-state index contributed by atoms with van der Waals surface area (Å²) in [6.07, 6.45) is 2.54. The van der Waals surface area contributed by atoms with E-state index in [1.54, 1.807) is 12.1 Å². The van der Waals surface area contributed by atoms with Crippen molar-refractivity contribution in [1.29, 1.82) is 0 Å². The fraction of sp³-hybridized carbons (Fsp3) is 0.455. The third kappa shape index (κ3) is 2.77. The van der Waals surface area contributed by atoms with Crippen LogP contribution in [0.1, 0.15) is 52.5 Å². The number of hydrogen-bond acceptors (Lipinski definition) is 3. The molecule has 1 aromatic rings. The minimum atomic E-state index is 0.0320. The molecule has 0 aliphatic heterocycles. The van der Waals surface area contributed by atoms with Crippen molar-refractivity contribution in [2.45, 2.75) is 33.1 Å². The minimum absolute atomic E-state index is 0.0320. The van der Waals surface area contributed by atoms with E-state index in [1.807, 2.05) is 0 Å². The van der Waals surface area contributed by atoms with Crippen molar-refractivity contribution in [1.82, 2.24) is 0 Å². The summed E-state index contributed by atoms with van der Waals surface area (Å²) in [5.41, 5.74) is 0. The summed E-state index contributed by atoms with van der Waals surface area (Å²) in [4.78, 5) is 23.9. The molecular formula is C11H14O2S. The third-order valence-electron chi connectivity index (χ3n) is 1.99. The fourth-order valence-electron chi connectivity index (χ4n) is 1.14. The summed E-state index contributed by atoms with van der Waals surface area (Å²) in [7, 11) is 0. The highest BCUT2D eigenvalue weighted by atomic mass is 32.1. The van der Waals surface area contributed by atoms with Crippen molar-refractivity contribution < 1.29 is 9.59 Å². The molecule has 0 N–H and O–H groups in total. The maximum absolute atomic E-state index is 11.5. The molecule has 2 nitrogen and oxygen atoms in total. The lowest BCUT2D eigenvalue weighted by atomic mass is 10.1. The molecule has 14 heavy (non-hydrogen) atoms. The monoisotopic (exact) mass is 210 g/mol. The predicted octanol–water partition coefficient (Wildman–Crippen LogP) is 3.32. The molecule has 0 fully saturated rings. The molecule has 0 bridgehead atoms. The van der Waals surface area contributed by atoms with Crippen LogP contribution in [0.15, 0.2) is 12.1 Å². The smallest absolute Gasteiger partial charge is 0.172 e. The van der Waals surface area contributed by atoms with Crippen LogP contribution in [0, 0.1) is 0 Å². The molecule has 0 saturated carbocycles. The Kier molecular flexibility index (Phi) is 4.01. The summed E-state index contributed by atoms with van der Waals surface area (Å²) < 4.78 is 0. The van der Waals surface area contributed by atoms with Crippen LogP contribution in [0.2, 0.25) is 0 Å². The summed E-state index contributed by atoms with van der Waals surface area (Å²) in [5.74, 6) is 0.189. The standard InChI is InChI=1S/C11H14O2S/c1-3-4-5-9(13)11-7-6-10(14-11)8(2)12/h6-7H,3-5H2,1-2H3. The second kappa shape index (κ2) is 5.05. The summed E-state index contributed by atoms with van der Waals surface area (Å²) >= 11 is 1.30. The molecule has 0 spiro atoms. The Morgan fingerprint density at radius 3 is 2.43 bits per heavy atom. The van der Waals surface area contributed by atoms with Gasteiger partial charge in [-0.3, -0.25) is 9.59 Å². The lowest BCUT2D eigenvalue weighted by Gasteiger charge is -1.94. The highest BCUT2D eigenvalue weighted by Crippen LogP contribution is 2.19.